The second kappa shape index (κ2) is 4.44. The summed E-state index contributed by atoms with van der Waals surface area (Å²) in [5.41, 5.74) is 2.40. The van der Waals surface area contributed by atoms with E-state index in [0.29, 0.717) is 12.0 Å². The number of pyridine rings is 1. The van der Waals surface area contributed by atoms with Gasteiger partial charge in [0.25, 0.3) is 0 Å². The number of fused-ring (bicyclic) bond motifs is 1. The zero-order valence-corrected chi connectivity index (χ0v) is 10.7. The summed E-state index contributed by atoms with van der Waals surface area (Å²) in [6.45, 7) is 0. The van der Waals surface area contributed by atoms with Crippen LogP contribution in [0.25, 0.3) is 11.2 Å². The normalized spacial score (nSPS) is 14.4. The minimum atomic E-state index is 0.513. The van der Waals surface area contributed by atoms with Gasteiger partial charge < -0.3 is 15.6 Å². The molecule has 3 heterocycles. The third kappa shape index (κ3) is 2.13. The second-order valence-electron chi connectivity index (χ2n) is 4.78. The molecule has 100 valence electrons. The number of nitrogens with zero attached hydrogens (tertiary/aromatic N) is 4. The third-order valence-corrected chi connectivity index (χ3v) is 3.13. The first kappa shape index (κ1) is 11.2. The number of imidazole rings is 1. The molecule has 0 atom stereocenters. The smallest absolute Gasteiger partial charge is 0.231 e. The van der Waals surface area contributed by atoms with Gasteiger partial charge in [-0.3, -0.25) is 4.98 Å². The van der Waals surface area contributed by atoms with Gasteiger partial charge in [-0.05, 0) is 25.0 Å². The van der Waals surface area contributed by atoms with Crippen LogP contribution < -0.4 is 10.6 Å². The molecule has 0 bridgehead atoms. The van der Waals surface area contributed by atoms with Gasteiger partial charge in [-0.25, -0.2) is 4.98 Å². The Balaban J connectivity index is 1.71. The minimum absolute atomic E-state index is 0.513. The molecule has 0 spiro atoms. The predicted octanol–water partition coefficient (Wildman–Crippen LogP) is 2.07. The van der Waals surface area contributed by atoms with E-state index in [4.69, 9.17) is 0 Å². The van der Waals surface area contributed by atoms with Crippen LogP contribution in [0.3, 0.4) is 0 Å². The van der Waals surface area contributed by atoms with Crippen molar-refractivity contribution in [2.45, 2.75) is 18.9 Å². The van der Waals surface area contributed by atoms with Crippen LogP contribution in [0.1, 0.15) is 12.8 Å². The molecule has 1 aliphatic rings. The summed E-state index contributed by atoms with van der Waals surface area (Å²) in [6, 6.07) is 4.25. The highest BCUT2D eigenvalue weighted by atomic mass is 15.2. The number of aromatic nitrogens is 5. The van der Waals surface area contributed by atoms with Crippen LogP contribution >= 0.6 is 0 Å². The number of anilines is 3. The molecule has 0 aromatic carbocycles. The van der Waals surface area contributed by atoms with Crippen molar-refractivity contribution in [3.05, 3.63) is 30.9 Å². The molecular formula is C13H13N7. The van der Waals surface area contributed by atoms with E-state index >= 15 is 0 Å². The second-order valence-corrected chi connectivity index (χ2v) is 4.78. The molecule has 0 aliphatic heterocycles. The number of rotatable bonds is 4. The lowest BCUT2D eigenvalue weighted by molar-refractivity contribution is 1.10. The molecule has 4 rings (SSSR count). The van der Waals surface area contributed by atoms with Gasteiger partial charge in [0, 0.05) is 24.1 Å². The maximum absolute atomic E-state index is 4.51. The van der Waals surface area contributed by atoms with E-state index in [-0.39, 0.29) is 0 Å². The summed E-state index contributed by atoms with van der Waals surface area (Å²) in [6.07, 6.45) is 7.44. The average Bonchev–Trinajstić information content (AvgIpc) is 3.15. The predicted molar refractivity (Wildman–Crippen MR) is 75.8 cm³/mol. The molecule has 0 radical (unpaired) electrons. The van der Waals surface area contributed by atoms with Crippen molar-refractivity contribution in [2.24, 2.45) is 0 Å². The summed E-state index contributed by atoms with van der Waals surface area (Å²) in [5.74, 6) is 1.31. The Morgan fingerprint density at radius 2 is 2.00 bits per heavy atom. The molecule has 3 N–H and O–H groups in total. The SMILES string of the molecule is c1cc(Nc2nc(NC3CC3)c3nc[nH]c3n2)ccn1. The number of hydrogen-bond acceptors (Lipinski definition) is 6. The summed E-state index contributed by atoms with van der Waals surface area (Å²) >= 11 is 0. The lowest BCUT2D eigenvalue weighted by atomic mass is 10.4. The lowest BCUT2D eigenvalue weighted by Gasteiger charge is -2.08. The van der Waals surface area contributed by atoms with Crippen LogP contribution in [0.15, 0.2) is 30.9 Å². The van der Waals surface area contributed by atoms with Crippen LogP contribution in [-0.4, -0.2) is 31.0 Å². The van der Waals surface area contributed by atoms with Gasteiger partial charge in [-0.1, -0.05) is 0 Å². The molecule has 0 amide bonds. The molecule has 1 saturated carbocycles. The van der Waals surface area contributed by atoms with Crippen molar-refractivity contribution in [3.8, 4) is 0 Å². The molecular weight excluding hydrogens is 254 g/mol. The van der Waals surface area contributed by atoms with Crippen molar-refractivity contribution in [1.29, 1.82) is 0 Å². The van der Waals surface area contributed by atoms with E-state index in [2.05, 4.69) is 35.6 Å². The fraction of sp³-hybridized carbons (Fsp3) is 0.231. The number of hydrogen-bond donors (Lipinski definition) is 3. The Kier molecular flexibility index (Phi) is 2.48. The zero-order chi connectivity index (χ0) is 13.4. The van der Waals surface area contributed by atoms with Crippen molar-refractivity contribution < 1.29 is 0 Å². The van der Waals surface area contributed by atoms with Gasteiger partial charge in [0.05, 0.1) is 6.33 Å². The van der Waals surface area contributed by atoms with Crippen molar-refractivity contribution >= 4 is 28.6 Å². The first-order valence-electron chi connectivity index (χ1n) is 6.53. The van der Waals surface area contributed by atoms with Gasteiger partial charge in [0.15, 0.2) is 11.5 Å². The van der Waals surface area contributed by atoms with Gasteiger partial charge in [0.1, 0.15) is 5.52 Å². The van der Waals surface area contributed by atoms with Gasteiger partial charge in [-0.2, -0.15) is 9.97 Å². The highest BCUT2D eigenvalue weighted by Crippen LogP contribution is 2.27. The van der Waals surface area contributed by atoms with E-state index in [1.54, 1.807) is 18.7 Å². The molecule has 0 saturated heterocycles. The molecule has 7 heteroatoms. The van der Waals surface area contributed by atoms with Crippen LogP contribution in [0, 0.1) is 0 Å². The number of aromatic amines is 1. The Bertz CT molecular complexity index is 733. The molecule has 7 nitrogen and oxygen atoms in total. The Labute approximate surface area is 114 Å². The van der Waals surface area contributed by atoms with E-state index in [1.807, 2.05) is 12.1 Å². The Morgan fingerprint density at radius 1 is 1.15 bits per heavy atom. The van der Waals surface area contributed by atoms with Crippen LogP contribution in [0.4, 0.5) is 17.5 Å². The molecule has 0 unspecified atom stereocenters. The number of H-pyrrole nitrogens is 1. The first-order chi connectivity index (χ1) is 9.88. The van der Waals surface area contributed by atoms with E-state index in [1.165, 1.54) is 12.8 Å². The molecule has 1 aliphatic carbocycles. The fourth-order valence-corrected chi connectivity index (χ4v) is 1.98. The minimum Gasteiger partial charge on any atom is -0.365 e. The maximum atomic E-state index is 4.51. The quantitative estimate of drug-likeness (QED) is 0.670. The average molecular weight is 267 g/mol. The summed E-state index contributed by atoms with van der Waals surface area (Å²) < 4.78 is 0. The fourth-order valence-electron chi connectivity index (χ4n) is 1.98. The molecule has 1 fully saturated rings. The number of nitrogens with one attached hydrogen (secondary N) is 3. The summed E-state index contributed by atoms with van der Waals surface area (Å²) in [5, 5.41) is 6.56. The Morgan fingerprint density at radius 3 is 2.80 bits per heavy atom. The van der Waals surface area contributed by atoms with Crippen LogP contribution in [0.5, 0.6) is 0 Å². The highest BCUT2D eigenvalue weighted by molar-refractivity contribution is 5.84. The maximum Gasteiger partial charge on any atom is 0.231 e. The van der Waals surface area contributed by atoms with E-state index in [0.717, 1.165) is 22.7 Å². The highest BCUT2D eigenvalue weighted by Gasteiger charge is 2.23. The van der Waals surface area contributed by atoms with Crippen molar-refractivity contribution in [3.63, 3.8) is 0 Å². The summed E-state index contributed by atoms with van der Waals surface area (Å²) in [4.78, 5) is 20.2. The topological polar surface area (TPSA) is 91.4 Å². The third-order valence-electron chi connectivity index (χ3n) is 3.13. The van der Waals surface area contributed by atoms with Crippen molar-refractivity contribution in [2.75, 3.05) is 10.6 Å². The Hall–Kier alpha value is -2.70. The summed E-state index contributed by atoms with van der Waals surface area (Å²) in [7, 11) is 0. The van der Waals surface area contributed by atoms with Crippen molar-refractivity contribution in [1.82, 2.24) is 24.9 Å². The molecule has 20 heavy (non-hydrogen) atoms. The largest absolute Gasteiger partial charge is 0.365 e. The van der Waals surface area contributed by atoms with Gasteiger partial charge in [0.2, 0.25) is 5.95 Å². The van der Waals surface area contributed by atoms with E-state index in [9.17, 15) is 0 Å². The standard InChI is InChI=1S/C13H13N7/c1-2-8(1)17-12-10-11(16-7-15-10)19-13(20-12)18-9-3-5-14-6-4-9/h3-8H,1-2H2,(H3,14,15,16,17,18,19,20). The zero-order valence-electron chi connectivity index (χ0n) is 10.7. The van der Waals surface area contributed by atoms with Gasteiger partial charge >= 0.3 is 0 Å². The molecule has 3 aromatic rings. The first-order valence-corrected chi connectivity index (χ1v) is 6.53. The lowest BCUT2D eigenvalue weighted by Crippen LogP contribution is -2.07. The van der Waals surface area contributed by atoms with Crippen LogP contribution in [-0.2, 0) is 0 Å². The monoisotopic (exact) mass is 267 g/mol. The van der Waals surface area contributed by atoms with Gasteiger partial charge in [-0.15, -0.1) is 0 Å². The van der Waals surface area contributed by atoms with E-state index < -0.39 is 0 Å². The van der Waals surface area contributed by atoms with Crippen LogP contribution in [0.2, 0.25) is 0 Å². The molecule has 3 aromatic heterocycles.